The molecule has 1 heterocycles. The minimum Gasteiger partial charge on any atom is -0.326 e. The van der Waals surface area contributed by atoms with Gasteiger partial charge in [0.25, 0.3) is 0 Å². The summed E-state index contributed by atoms with van der Waals surface area (Å²) in [6.07, 6.45) is 1.96. The molecule has 2 aromatic rings. The zero-order chi connectivity index (χ0) is 10.1. The first kappa shape index (κ1) is 9.89. The molecule has 0 bridgehead atoms. The lowest BCUT2D eigenvalue weighted by atomic mass is 10.2. The summed E-state index contributed by atoms with van der Waals surface area (Å²) in [7, 11) is 0. The minimum absolute atomic E-state index is 0.230. The highest BCUT2D eigenvalue weighted by molar-refractivity contribution is 8.00. The number of hydrogen-bond donors (Lipinski definition) is 1. The highest BCUT2D eigenvalue weighted by Crippen LogP contribution is 2.29. The molecule has 2 N–H and O–H groups in total. The zero-order valence-corrected chi connectivity index (χ0v) is 9.21. The van der Waals surface area contributed by atoms with Gasteiger partial charge in [0.15, 0.2) is 4.34 Å². The van der Waals surface area contributed by atoms with Gasteiger partial charge >= 0.3 is 0 Å². The summed E-state index contributed by atoms with van der Waals surface area (Å²) in [6.45, 7) is 0.230. The van der Waals surface area contributed by atoms with Gasteiger partial charge in [-0.1, -0.05) is 11.8 Å². The molecule has 14 heavy (non-hydrogen) atoms. The van der Waals surface area contributed by atoms with E-state index in [4.69, 9.17) is 5.73 Å². The molecule has 0 atom stereocenters. The van der Waals surface area contributed by atoms with Crippen LogP contribution in [0.1, 0.15) is 5.56 Å². The molecule has 1 aromatic heterocycles. The molecule has 74 valence electrons. The Balaban J connectivity index is 2.64. The van der Waals surface area contributed by atoms with Crippen LogP contribution in [-0.4, -0.2) is 11.2 Å². The van der Waals surface area contributed by atoms with Gasteiger partial charge in [0, 0.05) is 18.2 Å². The third-order valence-electron chi connectivity index (χ3n) is 1.93. The average Bonchev–Trinajstić information content (AvgIpc) is 2.58. The monoisotopic (exact) mass is 228 g/mol. The summed E-state index contributed by atoms with van der Waals surface area (Å²) >= 11 is 3.13. The van der Waals surface area contributed by atoms with Crippen LogP contribution in [0.4, 0.5) is 4.39 Å². The van der Waals surface area contributed by atoms with Crippen molar-refractivity contribution in [1.82, 2.24) is 4.98 Å². The molecule has 0 amide bonds. The fourth-order valence-electron chi connectivity index (χ4n) is 1.21. The molecular formula is C9H9FN2S2. The summed E-state index contributed by atoms with van der Waals surface area (Å²) in [5.41, 5.74) is 6.69. The molecule has 0 aliphatic carbocycles. The van der Waals surface area contributed by atoms with E-state index in [2.05, 4.69) is 4.98 Å². The molecule has 0 radical (unpaired) electrons. The highest BCUT2D eigenvalue weighted by Gasteiger charge is 2.07. The maximum Gasteiger partial charge on any atom is 0.150 e. The second kappa shape index (κ2) is 3.84. The number of benzene rings is 1. The normalized spacial score (nSPS) is 11.1. The Kier molecular flexibility index (Phi) is 2.71. The van der Waals surface area contributed by atoms with Gasteiger partial charge in [-0.2, -0.15) is 0 Å². The predicted octanol–water partition coefficient (Wildman–Crippen LogP) is 2.62. The Morgan fingerprint density at radius 1 is 1.57 bits per heavy atom. The predicted molar refractivity (Wildman–Crippen MR) is 59.3 cm³/mol. The van der Waals surface area contributed by atoms with Crippen LogP contribution in [0.2, 0.25) is 0 Å². The third-order valence-corrected chi connectivity index (χ3v) is 3.93. The van der Waals surface area contributed by atoms with Gasteiger partial charge in [-0.3, -0.25) is 0 Å². The van der Waals surface area contributed by atoms with Crippen molar-refractivity contribution in [3.05, 3.63) is 23.5 Å². The van der Waals surface area contributed by atoms with Crippen LogP contribution in [0, 0.1) is 5.82 Å². The molecule has 0 saturated carbocycles. The Morgan fingerprint density at radius 3 is 3.00 bits per heavy atom. The van der Waals surface area contributed by atoms with Crippen LogP contribution in [-0.2, 0) is 6.54 Å². The number of aromatic nitrogens is 1. The maximum atomic E-state index is 13.3. The number of nitrogens with two attached hydrogens (primary N) is 1. The summed E-state index contributed by atoms with van der Waals surface area (Å²) in [6, 6.07) is 3.23. The Bertz CT molecular complexity index is 467. The molecule has 2 rings (SSSR count). The first-order valence-corrected chi connectivity index (χ1v) is 6.11. The summed E-state index contributed by atoms with van der Waals surface area (Å²) in [5, 5.41) is 0. The van der Waals surface area contributed by atoms with E-state index in [1.807, 2.05) is 6.26 Å². The quantitative estimate of drug-likeness (QED) is 0.803. The Morgan fingerprint density at radius 2 is 2.36 bits per heavy atom. The number of thioether (sulfide) groups is 1. The number of fused-ring (bicyclic) bond motifs is 1. The van der Waals surface area contributed by atoms with E-state index in [0.29, 0.717) is 11.1 Å². The number of rotatable bonds is 2. The largest absolute Gasteiger partial charge is 0.326 e. The number of halogens is 1. The lowest BCUT2D eigenvalue weighted by molar-refractivity contribution is 0.612. The lowest BCUT2D eigenvalue weighted by Crippen LogP contribution is -1.98. The average molecular weight is 228 g/mol. The molecular weight excluding hydrogens is 219 g/mol. The van der Waals surface area contributed by atoms with Crippen molar-refractivity contribution in [2.24, 2.45) is 5.73 Å². The molecule has 0 unspecified atom stereocenters. The molecule has 0 saturated heterocycles. The topological polar surface area (TPSA) is 38.9 Å². The van der Waals surface area contributed by atoms with E-state index in [9.17, 15) is 4.39 Å². The zero-order valence-electron chi connectivity index (χ0n) is 7.58. The number of hydrogen-bond acceptors (Lipinski definition) is 4. The standard InChI is InChI=1S/C9H9FN2S2/c1-13-9-12-7-3-6(10)5(4-11)2-8(7)14-9/h2-3H,4,11H2,1H3. The van der Waals surface area contributed by atoms with Crippen molar-refractivity contribution in [3.8, 4) is 0 Å². The van der Waals surface area contributed by atoms with Crippen LogP contribution in [0.25, 0.3) is 10.2 Å². The lowest BCUT2D eigenvalue weighted by Gasteiger charge is -1.97. The van der Waals surface area contributed by atoms with Crippen molar-refractivity contribution in [3.63, 3.8) is 0 Å². The fraction of sp³-hybridized carbons (Fsp3) is 0.222. The first-order chi connectivity index (χ1) is 6.74. The molecule has 2 nitrogen and oxygen atoms in total. The van der Waals surface area contributed by atoms with E-state index < -0.39 is 0 Å². The van der Waals surface area contributed by atoms with Gasteiger partial charge in [0.05, 0.1) is 10.2 Å². The smallest absolute Gasteiger partial charge is 0.150 e. The van der Waals surface area contributed by atoms with Gasteiger partial charge in [-0.15, -0.1) is 11.3 Å². The molecule has 0 aliphatic rings. The van der Waals surface area contributed by atoms with Crippen LogP contribution in [0.3, 0.4) is 0 Å². The SMILES string of the molecule is CSc1nc2cc(F)c(CN)cc2s1. The number of nitrogens with zero attached hydrogens (tertiary/aromatic N) is 1. The summed E-state index contributed by atoms with van der Waals surface area (Å²) in [5.74, 6) is -0.266. The highest BCUT2D eigenvalue weighted by atomic mass is 32.2. The van der Waals surface area contributed by atoms with Gasteiger partial charge in [0.1, 0.15) is 5.82 Å². The first-order valence-electron chi connectivity index (χ1n) is 4.07. The third kappa shape index (κ3) is 1.63. The van der Waals surface area contributed by atoms with Gasteiger partial charge in [0.2, 0.25) is 0 Å². The Labute approximate surface area is 89.3 Å². The molecule has 0 aliphatic heterocycles. The van der Waals surface area contributed by atoms with E-state index in [0.717, 1.165) is 9.04 Å². The van der Waals surface area contributed by atoms with Gasteiger partial charge < -0.3 is 5.73 Å². The molecule has 0 spiro atoms. The van der Waals surface area contributed by atoms with E-state index >= 15 is 0 Å². The maximum absolute atomic E-state index is 13.3. The summed E-state index contributed by atoms with van der Waals surface area (Å²) in [4.78, 5) is 4.27. The van der Waals surface area contributed by atoms with Crippen molar-refractivity contribution in [2.75, 3.05) is 6.26 Å². The van der Waals surface area contributed by atoms with Crippen molar-refractivity contribution in [2.45, 2.75) is 10.9 Å². The summed E-state index contributed by atoms with van der Waals surface area (Å²) < 4.78 is 15.3. The number of thiazole rings is 1. The van der Waals surface area contributed by atoms with Gasteiger partial charge in [-0.25, -0.2) is 9.37 Å². The van der Waals surface area contributed by atoms with Crippen LogP contribution >= 0.6 is 23.1 Å². The van der Waals surface area contributed by atoms with Crippen LogP contribution in [0.5, 0.6) is 0 Å². The Hall–Kier alpha value is -0.650. The fourth-order valence-corrected chi connectivity index (χ4v) is 2.75. The second-order valence-electron chi connectivity index (χ2n) is 2.80. The van der Waals surface area contributed by atoms with Crippen molar-refractivity contribution in [1.29, 1.82) is 0 Å². The van der Waals surface area contributed by atoms with E-state index in [1.54, 1.807) is 29.2 Å². The molecule has 5 heteroatoms. The van der Waals surface area contributed by atoms with Crippen molar-refractivity contribution < 1.29 is 4.39 Å². The minimum atomic E-state index is -0.266. The van der Waals surface area contributed by atoms with Crippen LogP contribution < -0.4 is 5.73 Å². The van der Waals surface area contributed by atoms with Crippen LogP contribution in [0.15, 0.2) is 16.5 Å². The van der Waals surface area contributed by atoms with E-state index in [-0.39, 0.29) is 12.4 Å². The van der Waals surface area contributed by atoms with Crippen molar-refractivity contribution >= 4 is 33.3 Å². The molecule has 1 aromatic carbocycles. The second-order valence-corrected chi connectivity index (χ2v) is 4.88. The molecule has 0 fully saturated rings. The van der Waals surface area contributed by atoms with E-state index in [1.165, 1.54) is 6.07 Å². The van der Waals surface area contributed by atoms with Gasteiger partial charge in [-0.05, 0) is 12.3 Å².